The Morgan fingerprint density at radius 2 is 1.59 bits per heavy atom. The zero-order chi connectivity index (χ0) is 26.7. The molecule has 2 atom stereocenters. The van der Waals surface area contributed by atoms with E-state index in [-0.39, 0.29) is 17.9 Å². The molecule has 0 saturated carbocycles. The second kappa shape index (κ2) is 10.5. The number of morpholine rings is 1. The molecule has 192 valence electrons. The molecule has 1 fully saturated rings. The molecule has 2 amide bonds. The fourth-order valence-electron chi connectivity index (χ4n) is 4.17. The molecule has 1 aliphatic heterocycles. The lowest BCUT2D eigenvalue weighted by atomic mass is 9.86. The zero-order valence-corrected chi connectivity index (χ0v) is 21.2. The van der Waals surface area contributed by atoms with Gasteiger partial charge in [0.15, 0.2) is 12.2 Å². The number of rotatable bonds is 6. The summed E-state index contributed by atoms with van der Waals surface area (Å²) in [5, 5.41) is 20.6. The summed E-state index contributed by atoms with van der Waals surface area (Å²) in [6.45, 7) is 7.03. The van der Waals surface area contributed by atoms with Crippen molar-refractivity contribution in [2.24, 2.45) is 5.73 Å². The first-order valence-electron chi connectivity index (χ1n) is 12.1. The highest BCUT2D eigenvalue weighted by molar-refractivity contribution is 6.04. The number of ether oxygens (including phenoxy) is 1. The number of hydrogen-bond donors (Lipinski definition) is 4. The van der Waals surface area contributed by atoms with Crippen LogP contribution in [0.15, 0.2) is 72.8 Å². The Kier molecular flexibility index (Phi) is 7.42. The fraction of sp³-hybridized carbons (Fsp3) is 0.276. The van der Waals surface area contributed by atoms with E-state index in [0.717, 1.165) is 11.1 Å². The molecule has 0 unspecified atom stereocenters. The van der Waals surface area contributed by atoms with Gasteiger partial charge in [0.2, 0.25) is 0 Å². The van der Waals surface area contributed by atoms with E-state index in [2.05, 4.69) is 50.4 Å². The number of carbonyl (C=O) groups excluding carboxylic acids is 2. The highest BCUT2D eigenvalue weighted by atomic mass is 16.5. The van der Waals surface area contributed by atoms with E-state index < -0.39 is 24.0 Å². The van der Waals surface area contributed by atoms with Gasteiger partial charge in [-0.25, -0.2) is 0 Å². The molecule has 0 radical (unpaired) electrons. The second-order valence-corrected chi connectivity index (χ2v) is 10.1. The van der Waals surface area contributed by atoms with Crippen LogP contribution < -0.4 is 16.0 Å². The average molecular weight is 501 g/mol. The third-order valence-corrected chi connectivity index (χ3v) is 6.40. The first-order chi connectivity index (χ1) is 17.5. The summed E-state index contributed by atoms with van der Waals surface area (Å²) in [6, 6.07) is 22.3. The molecule has 8 heteroatoms. The van der Waals surface area contributed by atoms with Crippen LogP contribution in [0.1, 0.15) is 31.9 Å². The van der Waals surface area contributed by atoms with Crippen molar-refractivity contribution in [2.45, 2.75) is 38.4 Å². The lowest BCUT2D eigenvalue weighted by Gasteiger charge is -2.34. The van der Waals surface area contributed by atoms with Crippen LogP contribution in [0.2, 0.25) is 0 Å². The number of amidine groups is 1. The van der Waals surface area contributed by atoms with Gasteiger partial charge in [-0.2, -0.15) is 0 Å². The SMILES string of the molecule is CC(C)(C)c1ccc(-c2ccc(N3CCO[C@H]([C@@H](O)C(=O)Nc4ccc(C(=N)N)cc4)C3=O)cc2)cc1. The van der Waals surface area contributed by atoms with E-state index in [0.29, 0.717) is 23.5 Å². The zero-order valence-electron chi connectivity index (χ0n) is 21.2. The first kappa shape index (κ1) is 26.1. The van der Waals surface area contributed by atoms with Crippen LogP contribution in [0.4, 0.5) is 11.4 Å². The van der Waals surface area contributed by atoms with E-state index >= 15 is 0 Å². The Morgan fingerprint density at radius 1 is 1.03 bits per heavy atom. The molecule has 37 heavy (non-hydrogen) atoms. The van der Waals surface area contributed by atoms with Crippen molar-refractivity contribution in [3.05, 3.63) is 83.9 Å². The highest BCUT2D eigenvalue weighted by Gasteiger charge is 2.39. The summed E-state index contributed by atoms with van der Waals surface area (Å²) >= 11 is 0. The van der Waals surface area contributed by atoms with Gasteiger partial charge < -0.3 is 25.8 Å². The summed E-state index contributed by atoms with van der Waals surface area (Å²) in [7, 11) is 0. The molecule has 3 aromatic rings. The maximum Gasteiger partial charge on any atom is 0.259 e. The summed E-state index contributed by atoms with van der Waals surface area (Å²) in [5.41, 5.74) is 10.5. The number of carbonyl (C=O) groups is 2. The Hall–Kier alpha value is -4.01. The van der Waals surface area contributed by atoms with Gasteiger partial charge in [0, 0.05) is 23.5 Å². The number of hydrogen-bond acceptors (Lipinski definition) is 5. The maximum absolute atomic E-state index is 13.2. The van der Waals surface area contributed by atoms with Crippen molar-refractivity contribution < 1.29 is 19.4 Å². The normalized spacial score (nSPS) is 16.8. The van der Waals surface area contributed by atoms with Gasteiger partial charge in [0.25, 0.3) is 11.8 Å². The highest BCUT2D eigenvalue weighted by Crippen LogP contribution is 2.28. The maximum atomic E-state index is 13.2. The second-order valence-electron chi connectivity index (χ2n) is 10.1. The molecular formula is C29H32N4O4. The number of benzene rings is 3. The van der Waals surface area contributed by atoms with E-state index in [1.54, 1.807) is 24.3 Å². The molecule has 3 aromatic carbocycles. The van der Waals surface area contributed by atoms with Crippen molar-refractivity contribution in [3.8, 4) is 11.1 Å². The lowest BCUT2D eigenvalue weighted by Crippen LogP contribution is -2.55. The van der Waals surface area contributed by atoms with Gasteiger partial charge >= 0.3 is 0 Å². The van der Waals surface area contributed by atoms with Gasteiger partial charge in [-0.15, -0.1) is 0 Å². The molecule has 0 spiro atoms. The minimum atomic E-state index is -1.69. The number of nitrogens with two attached hydrogens (primary N) is 1. The van der Waals surface area contributed by atoms with Crippen molar-refractivity contribution in [1.29, 1.82) is 5.41 Å². The third kappa shape index (κ3) is 5.87. The van der Waals surface area contributed by atoms with Crippen LogP contribution in [0, 0.1) is 5.41 Å². The topological polar surface area (TPSA) is 129 Å². The van der Waals surface area contributed by atoms with E-state index in [4.69, 9.17) is 15.9 Å². The van der Waals surface area contributed by atoms with Crippen LogP contribution in [0.3, 0.4) is 0 Å². The smallest absolute Gasteiger partial charge is 0.259 e. The predicted octanol–water partition coefficient (Wildman–Crippen LogP) is 3.67. The van der Waals surface area contributed by atoms with Crippen LogP contribution in [-0.2, 0) is 19.7 Å². The van der Waals surface area contributed by atoms with Crippen LogP contribution in [-0.4, -0.2) is 48.1 Å². The largest absolute Gasteiger partial charge is 0.384 e. The van der Waals surface area contributed by atoms with Gasteiger partial charge in [0.05, 0.1) is 6.61 Å². The van der Waals surface area contributed by atoms with Crippen LogP contribution >= 0.6 is 0 Å². The quantitative estimate of drug-likeness (QED) is 0.303. The number of aliphatic hydroxyl groups is 1. The standard InChI is InChI=1S/C29H32N4O4/c1-29(2,3)21-10-4-18(5-11-21)19-8-14-23(15-9-19)33-16-17-37-25(28(33)36)24(34)27(35)32-22-12-6-20(7-13-22)26(30)31/h4-15,24-25,34H,16-17H2,1-3H3,(H3,30,31)(H,32,35)/t24-,25-/m1/s1. The van der Waals surface area contributed by atoms with Gasteiger partial charge in [-0.05, 0) is 58.5 Å². The van der Waals surface area contributed by atoms with Crippen molar-refractivity contribution in [2.75, 3.05) is 23.4 Å². The number of amides is 2. The summed E-state index contributed by atoms with van der Waals surface area (Å²) in [4.78, 5) is 27.3. The van der Waals surface area contributed by atoms with Crippen LogP contribution in [0.5, 0.6) is 0 Å². The number of anilines is 2. The Balaban J connectivity index is 1.43. The van der Waals surface area contributed by atoms with Crippen molar-refractivity contribution in [3.63, 3.8) is 0 Å². The predicted molar refractivity (Wildman–Crippen MR) is 145 cm³/mol. The molecule has 0 aliphatic carbocycles. The summed E-state index contributed by atoms with van der Waals surface area (Å²) in [6.07, 6.45) is -3.02. The molecule has 1 saturated heterocycles. The first-order valence-corrected chi connectivity index (χ1v) is 12.1. The number of nitrogens with zero attached hydrogens (tertiary/aromatic N) is 1. The van der Waals surface area contributed by atoms with E-state index in [1.807, 2.05) is 24.3 Å². The monoisotopic (exact) mass is 500 g/mol. The lowest BCUT2D eigenvalue weighted by molar-refractivity contribution is -0.150. The fourth-order valence-corrected chi connectivity index (χ4v) is 4.17. The van der Waals surface area contributed by atoms with E-state index in [9.17, 15) is 14.7 Å². The Labute approximate surface area is 216 Å². The van der Waals surface area contributed by atoms with E-state index in [1.165, 1.54) is 10.5 Å². The molecule has 1 aliphatic rings. The molecule has 0 aromatic heterocycles. The Morgan fingerprint density at radius 3 is 2.14 bits per heavy atom. The summed E-state index contributed by atoms with van der Waals surface area (Å²) < 4.78 is 5.50. The molecular weight excluding hydrogens is 468 g/mol. The average Bonchev–Trinajstić information content (AvgIpc) is 2.88. The van der Waals surface area contributed by atoms with Crippen molar-refractivity contribution >= 4 is 29.0 Å². The number of nitrogen functional groups attached to an aromatic ring is 1. The summed E-state index contributed by atoms with van der Waals surface area (Å²) in [5.74, 6) is -1.33. The van der Waals surface area contributed by atoms with Crippen molar-refractivity contribution in [1.82, 2.24) is 0 Å². The van der Waals surface area contributed by atoms with Gasteiger partial charge in [-0.1, -0.05) is 57.2 Å². The van der Waals surface area contributed by atoms with Gasteiger partial charge in [-0.3, -0.25) is 15.0 Å². The number of nitrogens with one attached hydrogen (secondary N) is 2. The number of aliphatic hydroxyl groups excluding tert-OH is 1. The Bertz CT molecular complexity index is 1280. The molecule has 8 nitrogen and oxygen atoms in total. The third-order valence-electron chi connectivity index (χ3n) is 6.40. The van der Waals surface area contributed by atoms with Crippen LogP contribution in [0.25, 0.3) is 11.1 Å². The molecule has 1 heterocycles. The minimum absolute atomic E-state index is 0.0806. The van der Waals surface area contributed by atoms with Gasteiger partial charge in [0.1, 0.15) is 5.84 Å². The molecule has 0 bridgehead atoms. The minimum Gasteiger partial charge on any atom is -0.384 e. The molecule has 4 rings (SSSR count). The molecule has 5 N–H and O–H groups in total.